The van der Waals surface area contributed by atoms with Crippen molar-refractivity contribution < 1.29 is 14.7 Å². The Hall–Kier alpha value is -1.63. The lowest BCUT2D eigenvalue weighted by Crippen LogP contribution is -2.42. The number of urea groups is 1. The third kappa shape index (κ3) is 4.51. The molecule has 7 heteroatoms. The Morgan fingerprint density at radius 3 is 2.47 bits per heavy atom. The summed E-state index contributed by atoms with van der Waals surface area (Å²) in [7, 11) is 0. The lowest BCUT2D eigenvalue weighted by Gasteiger charge is -2.17. The summed E-state index contributed by atoms with van der Waals surface area (Å²) in [4.78, 5) is 26.8. The fourth-order valence-corrected chi connectivity index (χ4v) is 2.15. The van der Waals surface area contributed by atoms with E-state index in [1.165, 1.54) is 0 Å². The van der Waals surface area contributed by atoms with Crippen LogP contribution in [-0.4, -0.2) is 28.1 Å². The molecule has 1 aromatic rings. The third-order valence-electron chi connectivity index (χ3n) is 2.79. The lowest BCUT2D eigenvalue weighted by atomic mass is 10.1. The molecule has 0 aliphatic rings. The van der Waals surface area contributed by atoms with Crippen LogP contribution < -0.4 is 10.6 Å². The second-order valence-electron chi connectivity index (χ2n) is 4.69. The van der Waals surface area contributed by atoms with Gasteiger partial charge in [-0.25, -0.2) is 14.6 Å². The number of nitrogens with zero attached hydrogens (tertiary/aromatic N) is 1. The first-order chi connectivity index (χ1) is 8.81. The molecule has 0 aliphatic carbocycles. The van der Waals surface area contributed by atoms with Gasteiger partial charge in [-0.2, -0.15) is 0 Å². The number of rotatable bonds is 5. The number of carboxylic acid groups (broad SMARTS) is 1. The Morgan fingerprint density at radius 2 is 2.00 bits per heavy atom. The summed E-state index contributed by atoms with van der Waals surface area (Å²) in [6.07, 6.45) is 0. The Morgan fingerprint density at radius 1 is 1.37 bits per heavy atom. The summed E-state index contributed by atoms with van der Waals surface area (Å²) in [5.41, 5.74) is 0.477. The van der Waals surface area contributed by atoms with E-state index in [9.17, 15) is 9.59 Å². The number of hydrogen-bond acceptors (Lipinski definition) is 4. The van der Waals surface area contributed by atoms with Gasteiger partial charge in [-0.05, 0) is 19.8 Å². The molecule has 1 atom stereocenters. The molecule has 0 fully saturated rings. The molecule has 1 unspecified atom stereocenters. The third-order valence-corrected chi connectivity index (χ3v) is 3.94. The maximum atomic E-state index is 11.6. The van der Waals surface area contributed by atoms with Crippen molar-refractivity contribution >= 4 is 23.3 Å². The summed E-state index contributed by atoms with van der Waals surface area (Å²) in [6, 6.07) is -0.196. The molecule has 1 heterocycles. The zero-order chi connectivity index (χ0) is 14.6. The van der Waals surface area contributed by atoms with Crippen LogP contribution in [0.1, 0.15) is 41.1 Å². The number of amides is 2. The monoisotopic (exact) mass is 285 g/mol. The predicted molar refractivity (Wildman–Crippen MR) is 73.5 cm³/mol. The molecule has 1 aromatic heterocycles. The molecule has 0 saturated heterocycles. The zero-order valence-corrected chi connectivity index (χ0v) is 12.3. The minimum atomic E-state index is -0.987. The molecule has 0 saturated carbocycles. The molecule has 106 valence electrons. The van der Waals surface area contributed by atoms with Crippen molar-refractivity contribution in [3.63, 3.8) is 0 Å². The van der Waals surface area contributed by atoms with E-state index in [2.05, 4.69) is 15.6 Å². The van der Waals surface area contributed by atoms with Gasteiger partial charge in [0.25, 0.3) is 0 Å². The number of carbonyl (C=O) groups excluding carboxylic acids is 1. The molecule has 2 amide bonds. The van der Waals surface area contributed by atoms with Gasteiger partial charge in [-0.1, -0.05) is 13.8 Å². The first-order valence-corrected chi connectivity index (χ1v) is 6.86. The fourth-order valence-electron chi connectivity index (χ4n) is 1.31. The van der Waals surface area contributed by atoms with Gasteiger partial charge in [-0.15, -0.1) is 11.3 Å². The van der Waals surface area contributed by atoms with Gasteiger partial charge in [0.2, 0.25) is 0 Å². The highest BCUT2D eigenvalue weighted by atomic mass is 32.1. The summed E-state index contributed by atoms with van der Waals surface area (Å²) < 4.78 is 0. The van der Waals surface area contributed by atoms with Gasteiger partial charge >= 0.3 is 12.0 Å². The van der Waals surface area contributed by atoms with Crippen LogP contribution in [0.4, 0.5) is 4.79 Å². The average molecular weight is 285 g/mol. The smallest absolute Gasteiger partial charge is 0.347 e. The number of hydrogen-bond donors (Lipinski definition) is 3. The molecule has 0 aliphatic heterocycles. The highest BCUT2D eigenvalue weighted by molar-refractivity contribution is 7.13. The maximum absolute atomic E-state index is 11.6. The normalized spacial score (nSPS) is 12.3. The molecule has 0 bridgehead atoms. The van der Waals surface area contributed by atoms with E-state index in [0.29, 0.717) is 16.6 Å². The molecule has 0 aromatic carbocycles. The molecule has 0 radical (unpaired) electrons. The largest absolute Gasteiger partial charge is 0.477 e. The first kappa shape index (κ1) is 15.4. The van der Waals surface area contributed by atoms with Gasteiger partial charge in [-0.3, -0.25) is 0 Å². The predicted octanol–water partition coefficient (Wildman–Crippen LogP) is 1.99. The van der Waals surface area contributed by atoms with E-state index in [1.54, 1.807) is 6.92 Å². The van der Waals surface area contributed by atoms with Crippen molar-refractivity contribution in [2.45, 2.75) is 40.3 Å². The standard InChI is InChI=1S/C12H19N3O3S/c1-6(2)7(3)15-12(18)13-5-9-14-8(4)10(19-9)11(16)17/h6-7H,5H2,1-4H3,(H,16,17)(H2,13,15,18). The molecule has 1 rings (SSSR count). The van der Waals surface area contributed by atoms with Gasteiger partial charge in [0.05, 0.1) is 12.2 Å². The summed E-state index contributed by atoms with van der Waals surface area (Å²) in [6.45, 7) is 7.85. The number of aryl methyl sites for hydroxylation is 1. The van der Waals surface area contributed by atoms with Gasteiger partial charge in [0.15, 0.2) is 0 Å². The maximum Gasteiger partial charge on any atom is 0.347 e. The first-order valence-electron chi connectivity index (χ1n) is 6.05. The Balaban J connectivity index is 2.51. The molecular formula is C12H19N3O3S. The van der Waals surface area contributed by atoms with E-state index in [0.717, 1.165) is 11.3 Å². The van der Waals surface area contributed by atoms with Crippen LogP contribution in [0.2, 0.25) is 0 Å². The van der Waals surface area contributed by atoms with Crippen LogP contribution in [0.25, 0.3) is 0 Å². The van der Waals surface area contributed by atoms with Crippen molar-refractivity contribution in [2.24, 2.45) is 5.92 Å². The second-order valence-corrected chi connectivity index (χ2v) is 5.77. The van der Waals surface area contributed by atoms with Crippen LogP contribution in [0, 0.1) is 12.8 Å². The average Bonchev–Trinajstić information content (AvgIpc) is 2.68. The SMILES string of the molecule is Cc1nc(CNC(=O)NC(C)C(C)C)sc1C(=O)O. The Kier molecular flexibility index (Phi) is 5.29. The summed E-state index contributed by atoms with van der Waals surface area (Å²) in [5, 5.41) is 15.0. The Bertz CT molecular complexity index is 471. The number of aromatic nitrogens is 1. The van der Waals surface area contributed by atoms with Crippen LogP contribution in [0.5, 0.6) is 0 Å². The number of carboxylic acids is 1. The highest BCUT2D eigenvalue weighted by Crippen LogP contribution is 2.17. The number of aromatic carboxylic acids is 1. The van der Waals surface area contributed by atoms with E-state index in [1.807, 2.05) is 20.8 Å². The molecule has 0 spiro atoms. The van der Waals surface area contributed by atoms with Crippen LogP contribution in [-0.2, 0) is 6.54 Å². The van der Waals surface area contributed by atoms with Gasteiger partial charge in [0, 0.05) is 6.04 Å². The second kappa shape index (κ2) is 6.51. The van der Waals surface area contributed by atoms with E-state index in [4.69, 9.17) is 5.11 Å². The van der Waals surface area contributed by atoms with Gasteiger partial charge < -0.3 is 15.7 Å². The summed E-state index contributed by atoms with van der Waals surface area (Å²) >= 11 is 1.08. The lowest BCUT2D eigenvalue weighted by molar-refractivity contribution is 0.0701. The molecule has 6 nitrogen and oxygen atoms in total. The van der Waals surface area contributed by atoms with Crippen LogP contribution in [0.3, 0.4) is 0 Å². The zero-order valence-electron chi connectivity index (χ0n) is 11.5. The number of thiazole rings is 1. The number of nitrogens with one attached hydrogen (secondary N) is 2. The molecule has 3 N–H and O–H groups in total. The van der Waals surface area contributed by atoms with Crippen molar-refractivity contribution in [3.05, 3.63) is 15.6 Å². The van der Waals surface area contributed by atoms with Gasteiger partial charge in [0.1, 0.15) is 9.88 Å². The minimum Gasteiger partial charge on any atom is -0.477 e. The van der Waals surface area contributed by atoms with Crippen molar-refractivity contribution in [2.75, 3.05) is 0 Å². The van der Waals surface area contributed by atoms with E-state index < -0.39 is 5.97 Å². The minimum absolute atomic E-state index is 0.0765. The fraction of sp³-hybridized carbons (Fsp3) is 0.583. The topological polar surface area (TPSA) is 91.3 Å². The Labute approximate surface area is 116 Å². The van der Waals surface area contributed by atoms with Crippen LogP contribution >= 0.6 is 11.3 Å². The summed E-state index contributed by atoms with van der Waals surface area (Å²) in [5.74, 6) is -0.634. The van der Waals surface area contributed by atoms with E-state index in [-0.39, 0.29) is 23.5 Å². The van der Waals surface area contributed by atoms with Crippen molar-refractivity contribution in [1.82, 2.24) is 15.6 Å². The number of carbonyl (C=O) groups is 2. The molecule has 19 heavy (non-hydrogen) atoms. The van der Waals surface area contributed by atoms with Crippen molar-refractivity contribution in [3.8, 4) is 0 Å². The molecular weight excluding hydrogens is 266 g/mol. The highest BCUT2D eigenvalue weighted by Gasteiger charge is 2.15. The quantitative estimate of drug-likeness (QED) is 0.771. The van der Waals surface area contributed by atoms with E-state index >= 15 is 0 Å². The van der Waals surface area contributed by atoms with Crippen molar-refractivity contribution in [1.29, 1.82) is 0 Å². The van der Waals surface area contributed by atoms with Crippen LogP contribution in [0.15, 0.2) is 0 Å².